The number of esters is 2. The fraction of sp³-hybridized carbons (Fsp3) is 0.750. The summed E-state index contributed by atoms with van der Waals surface area (Å²) in [6, 6.07) is 0. The number of carbonyl (C=O) groups is 3. The number of fused-ring (bicyclic) bond motifs is 1. The number of hydrogen-bond donors (Lipinski definition) is 0. The van der Waals surface area contributed by atoms with Crippen LogP contribution in [0.1, 0.15) is 45.4 Å². The molecule has 0 unspecified atom stereocenters. The lowest BCUT2D eigenvalue weighted by Gasteiger charge is -2.43. The van der Waals surface area contributed by atoms with E-state index in [0.29, 0.717) is 18.8 Å². The largest absolute Gasteiger partial charge is 0.469 e. The summed E-state index contributed by atoms with van der Waals surface area (Å²) in [6.07, 6.45) is 4.60. The first-order valence-electron chi connectivity index (χ1n) is 9.33. The van der Waals surface area contributed by atoms with Gasteiger partial charge in [-0.15, -0.1) is 0 Å². The highest BCUT2D eigenvalue weighted by molar-refractivity contribution is 6.07. The van der Waals surface area contributed by atoms with Crippen LogP contribution in [0.4, 0.5) is 0 Å². The minimum Gasteiger partial charge on any atom is -0.469 e. The summed E-state index contributed by atoms with van der Waals surface area (Å²) in [7, 11) is 1.40. The van der Waals surface area contributed by atoms with E-state index in [9.17, 15) is 14.4 Å². The Labute approximate surface area is 147 Å². The minimum atomic E-state index is -1.21. The Morgan fingerprint density at radius 2 is 2.08 bits per heavy atom. The Morgan fingerprint density at radius 1 is 1.32 bits per heavy atom. The standard InChI is InChI=1S/C20H24O5/c1-10-8-19-9-11(10)4-5-12(19)20-7-6-13(21)18(2,17(23)25-20)15(20)14(19)16(22)24-3/h11-12,14-15H,1,4-9H2,2-3H3/t11-,12-,14-,15-,18-,19+,20-/m1/s1. The molecule has 0 N–H and O–H groups in total. The van der Waals surface area contributed by atoms with Crippen molar-refractivity contribution in [1.82, 2.24) is 0 Å². The fourth-order valence-corrected chi connectivity index (χ4v) is 7.58. The van der Waals surface area contributed by atoms with Crippen LogP contribution in [-0.4, -0.2) is 30.4 Å². The Morgan fingerprint density at radius 3 is 2.80 bits per heavy atom. The lowest BCUT2D eigenvalue weighted by molar-refractivity contribution is -0.161. The van der Waals surface area contributed by atoms with Crippen LogP contribution >= 0.6 is 0 Å². The van der Waals surface area contributed by atoms with Crippen molar-refractivity contribution in [2.24, 2.45) is 34.5 Å². The molecule has 1 heterocycles. The normalized spacial score (nSPS) is 52.6. The van der Waals surface area contributed by atoms with Crippen LogP contribution in [0.25, 0.3) is 0 Å². The molecule has 0 amide bonds. The highest BCUT2D eigenvalue weighted by atomic mass is 16.6. The van der Waals surface area contributed by atoms with E-state index in [1.54, 1.807) is 6.92 Å². The summed E-state index contributed by atoms with van der Waals surface area (Å²) in [6.45, 7) is 5.97. The number of ether oxygens (including phenoxy) is 2. The summed E-state index contributed by atoms with van der Waals surface area (Å²) in [5.74, 6) is -1.07. The van der Waals surface area contributed by atoms with Gasteiger partial charge in [0.25, 0.3) is 0 Å². The van der Waals surface area contributed by atoms with Gasteiger partial charge in [-0.2, -0.15) is 0 Å². The lowest BCUT2D eigenvalue weighted by Crippen LogP contribution is -2.51. The van der Waals surface area contributed by atoms with E-state index in [-0.39, 0.29) is 23.1 Å². The van der Waals surface area contributed by atoms with Crippen molar-refractivity contribution < 1.29 is 23.9 Å². The number of carbonyl (C=O) groups excluding carboxylic acids is 3. The van der Waals surface area contributed by atoms with Gasteiger partial charge in [-0.1, -0.05) is 12.2 Å². The summed E-state index contributed by atoms with van der Waals surface area (Å²) in [5, 5.41) is 0. The average Bonchev–Trinajstić information content (AvgIpc) is 3.05. The Balaban J connectivity index is 1.76. The van der Waals surface area contributed by atoms with Crippen molar-refractivity contribution in [3.63, 3.8) is 0 Å². The summed E-state index contributed by atoms with van der Waals surface area (Å²) in [5.41, 5.74) is -0.925. The molecule has 5 nitrogen and oxygen atoms in total. The second-order valence-corrected chi connectivity index (χ2v) is 9.05. The molecule has 4 saturated carbocycles. The Bertz CT molecular complexity index is 740. The molecule has 7 atom stereocenters. The number of ketones is 1. The lowest BCUT2D eigenvalue weighted by atomic mass is 9.59. The van der Waals surface area contributed by atoms with E-state index in [2.05, 4.69) is 6.58 Å². The molecule has 5 heteroatoms. The van der Waals surface area contributed by atoms with Crippen molar-refractivity contribution in [3.8, 4) is 0 Å². The van der Waals surface area contributed by atoms with Crippen molar-refractivity contribution >= 4 is 17.7 Å². The van der Waals surface area contributed by atoms with Crippen LogP contribution in [0.3, 0.4) is 0 Å². The zero-order valence-corrected chi connectivity index (χ0v) is 14.8. The number of rotatable bonds is 1. The zero-order valence-electron chi connectivity index (χ0n) is 14.8. The number of allylic oxidation sites excluding steroid dienone is 1. The maximum absolute atomic E-state index is 13.0. The van der Waals surface area contributed by atoms with Gasteiger partial charge in [0.2, 0.25) is 0 Å². The van der Waals surface area contributed by atoms with Gasteiger partial charge in [-0.05, 0) is 50.4 Å². The zero-order chi connectivity index (χ0) is 17.8. The third-order valence-electron chi connectivity index (χ3n) is 8.43. The molecule has 4 bridgehead atoms. The molecule has 1 saturated heterocycles. The van der Waals surface area contributed by atoms with Gasteiger partial charge >= 0.3 is 11.9 Å². The van der Waals surface area contributed by atoms with E-state index in [4.69, 9.17) is 9.47 Å². The van der Waals surface area contributed by atoms with Gasteiger partial charge in [0.1, 0.15) is 11.0 Å². The van der Waals surface area contributed by atoms with E-state index in [1.807, 2.05) is 0 Å². The van der Waals surface area contributed by atoms with Crippen LogP contribution < -0.4 is 0 Å². The smallest absolute Gasteiger partial charge is 0.320 e. The highest BCUT2D eigenvalue weighted by Crippen LogP contribution is 2.77. The molecule has 134 valence electrons. The predicted octanol–water partition coefficient (Wildman–Crippen LogP) is 2.43. The average molecular weight is 344 g/mol. The number of methoxy groups -OCH3 is 1. The van der Waals surface area contributed by atoms with Gasteiger partial charge in [-0.25, -0.2) is 0 Å². The molecular formula is C20H24O5. The topological polar surface area (TPSA) is 69.7 Å². The van der Waals surface area contributed by atoms with Crippen molar-refractivity contribution in [2.75, 3.05) is 7.11 Å². The van der Waals surface area contributed by atoms with Crippen molar-refractivity contribution in [1.29, 1.82) is 0 Å². The third-order valence-corrected chi connectivity index (χ3v) is 8.43. The molecule has 0 radical (unpaired) electrons. The first-order chi connectivity index (χ1) is 11.8. The second kappa shape index (κ2) is 4.36. The summed E-state index contributed by atoms with van der Waals surface area (Å²) < 4.78 is 11.3. The molecule has 5 rings (SSSR count). The van der Waals surface area contributed by atoms with Crippen molar-refractivity contribution in [2.45, 2.75) is 51.0 Å². The highest BCUT2D eigenvalue weighted by Gasteiger charge is 2.83. The maximum atomic E-state index is 13.0. The van der Waals surface area contributed by atoms with Crippen LogP contribution in [-0.2, 0) is 23.9 Å². The third kappa shape index (κ3) is 1.43. The molecule has 5 aliphatic rings. The van der Waals surface area contributed by atoms with Gasteiger partial charge < -0.3 is 9.47 Å². The predicted molar refractivity (Wildman–Crippen MR) is 87.2 cm³/mol. The molecular weight excluding hydrogens is 320 g/mol. The fourth-order valence-electron chi connectivity index (χ4n) is 7.58. The molecule has 25 heavy (non-hydrogen) atoms. The molecule has 4 aliphatic carbocycles. The summed E-state index contributed by atoms with van der Waals surface area (Å²) >= 11 is 0. The monoisotopic (exact) mass is 344 g/mol. The first kappa shape index (κ1) is 15.6. The van der Waals surface area contributed by atoms with Crippen LogP contribution in [0.5, 0.6) is 0 Å². The van der Waals surface area contributed by atoms with Gasteiger partial charge in [0.05, 0.1) is 13.0 Å². The molecule has 0 aromatic heterocycles. The van der Waals surface area contributed by atoms with E-state index < -0.39 is 28.8 Å². The van der Waals surface area contributed by atoms with Gasteiger partial charge in [0.15, 0.2) is 5.78 Å². The SMILES string of the molecule is C=C1C[C@]23C[C@H]1CC[C@H]2[C@@]12CCC(=O)[C@@](C)(C(=O)O1)[C@H]2[C@@H]3C(=O)OC. The quantitative estimate of drug-likeness (QED) is 0.415. The van der Waals surface area contributed by atoms with Crippen LogP contribution in [0.15, 0.2) is 12.2 Å². The van der Waals surface area contributed by atoms with Gasteiger partial charge in [-0.3, -0.25) is 14.4 Å². The molecule has 1 spiro atoms. The van der Waals surface area contributed by atoms with Gasteiger partial charge in [0, 0.05) is 18.3 Å². The first-order valence-corrected chi connectivity index (χ1v) is 9.33. The number of Topliss-reactive ketones (excluding diaryl/α,β-unsaturated/α-hetero) is 1. The Kier molecular flexibility index (Phi) is 2.72. The second-order valence-electron chi connectivity index (χ2n) is 9.05. The van der Waals surface area contributed by atoms with E-state index in [0.717, 1.165) is 25.7 Å². The molecule has 1 aliphatic heterocycles. The van der Waals surface area contributed by atoms with E-state index >= 15 is 0 Å². The summed E-state index contributed by atoms with van der Waals surface area (Å²) in [4.78, 5) is 38.5. The van der Waals surface area contributed by atoms with Crippen LogP contribution in [0.2, 0.25) is 0 Å². The minimum absolute atomic E-state index is 0.0760. The van der Waals surface area contributed by atoms with Crippen molar-refractivity contribution in [3.05, 3.63) is 12.2 Å². The van der Waals surface area contributed by atoms with Crippen LogP contribution in [0, 0.1) is 34.5 Å². The molecule has 5 fully saturated rings. The van der Waals surface area contributed by atoms with E-state index in [1.165, 1.54) is 12.7 Å². The number of hydrogen-bond acceptors (Lipinski definition) is 5. The Hall–Kier alpha value is -1.65. The maximum Gasteiger partial charge on any atom is 0.320 e. The molecule has 0 aromatic carbocycles. The molecule has 0 aromatic rings.